The molecule has 1 heterocycles. The fourth-order valence-electron chi connectivity index (χ4n) is 2.58. The van der Waals surface area contributed by atoms with Gasteiger partial charge in [-0.25, -0.2) is 4.79 Å². The van der Waals surface area contributed by atoms with Crippen LogP contribution < -0.4 is 0 Å². The maximum atomic E-state index is 12.5. The molecule has 5 nitrogen and oxygen atoms in total. The molecule has 0 bridgehead atoms. The number of ether oxygens (including phenoxy) is 1. The van der Waals surface area contributed by atoms with Gasteiger partial charge in [-0.15, -0.1) is 0 Å². The number of aromatic amines is 1. The van der Waals surface area contributed by atoms with Crippen molar-refractivity contribution in [1.29, 1.82) is 0 Å². The van der Waals surface area contributed by atoms with Crippen molar-refractivity contribution in [2.75, 3.05) is 0 Å². The lowest BCUT2D eigenvalue weighted by Gasteiger charge is -2.20. The van der Waals surface area contributed by atoms with Gasteiger partial charge in [-0.2, -0.15) is 0 Å². The first-order valence-electron chi connectivity index (χ1n) is 8.05. The first kappa shape index (κ1) is 18.2. The van der Waals surface area contributed by atoms with Crippen molar-refractivity contribution in [3.8, 4) is 0 Å². The summed E-state index contributed by atoms with van der Waals surface area (Å²) < 4.78 is 5.47. The number of hydrogen-bond donors (Lipinski definition) is 2. The molecule has 0 saturated heterocycles. The number of hydrogen-bond acceptors (Lipinski definition) is 4. The number of benzene rings is 1. The van der Waals surface area contributed by atoms with E-state index in [9.17, 15) is 14.7 Å². The van der Waals surface area contributed by atoms with E-state index in [0.717, 1.165) is 17.2 Å². The molecule has 5 heteroatoms. The van der Waals surface area contributed by atoms with Crippen LogP contribution in [0.2, 0.25) is 0 Å². The number of fused-ring (bicyclic) bond motifs is 1. The van der Waals surface area contributed by atoms with E-state index in [1.807, 2.05) is 20.8 Å². The average molecular weight is 331 g/mol. The van der Waals surface area contributed by atoms with E-state index >= 15 is 0 Å². The molecule has 2 rings (SSSR count). The quantitative estimate of drug-likeness (QED) is 0.647. The number of carbonyl (C=O) groups excluding carboxylic acids is 2. The van der Waals surface area contributed by atoms with Gasteiger partial charge in [-0.3, -0.25) is 4.79 Å². The molecule has 0 fully saturated rings. The molecule has 0 aliphatic carbocycles. The summed E-state index contributed by atoms with van der Waals surface area (Å²) >= 11 is 0. The molecular weight excluding hydrogens is 306 g/mol. The van der Waals surface area contributed by atoms with Gasteiger partial charge in [-0.1, -0.05) is 0 Å². The van der Waals surface area contributed by atoms with Crippen LogP contribution in [0.5, 0.6) is 0 Å². The zero-order chi connectivity index (χ0) is 18.1. The molecule has 2 N–H and O–H groups in total. The average Bonchev–Trinajstić information content (AvgIpc) is 2.85. The van der Waals surface area contributed by atoms with Crippen LogP contribution in [0.3, 0.4) is 0 Å². The highest BCUT2D eigenvalue weighted by atomic mass is 16.6. The molecule has 0 atom stereocenters. The molecule has 130 valence electrons. The third-order valence-electron chi connectivity index (χ3n) is 3.64. The second-order valence-electron chi connectivity index (χ2n) is 7.74. The van der Waals surface area contributed by atoms with E-state index in [1.165, 1.54) is 0 Å². The predicted molar refractivity (Wildman–Crippen MR) is 93.5 cm³/mol. The Balaban J connectivity index is 2.50. The number of rotatable bonds is 5. The van der Waals surface area contributed by atoms with Gasteiger partial charge < -0.3 is 14.8 Å². The largest absolute Gasteiger partial charge is 0.456 e. The number of aliphatic hydroxyl groups is 1. The summed E-state index contributed by atoms with van der Waals surface area (Å²) in [4.78, 5) is 26.7. The number of aldehydes is 1. The highest BCUT2D eigenvalue weighted by molar-refractivity contribution is 6.06. The van der Waals surface area contributed by atoms with E-state index in [4.69, 9.17) is 4.74 Å². The van der Waals surface area contributed by atoms with Crippen LogP contribution in [-0.4, -0.2) is 33.5 Å². The van der Waals surface area contributed by atoms with E-state index in [-0.39, 0.29) is 0 Å². The van der Waals surface area contributed by atoms with E-state index in [2.05, 4.69) is 4.98 Å². The van der Waals surface area contributed by atoms with Crippen LogP contribution >= 0.6 is 0 Å². The lowest BCUT2D eigenvalue weighted by molar-refractivity contribution is 0.00717. The SMILES string of the molecule is CC(C)(O)CCc1cc(C=O)cc2[nH]cc(C(=O)OC(C)(C)C)c12. The maximum absolute atomic E-state index is 12.5. The molecule has 1 aromatic carbocycles. The van der Waals surface area contributed by atoms with Crippen LogP contribution in [0.25, 0.3) is 10.9 Å². The Kier molecular flexibility index (Phi) is 4.85. The maximum Gasteiger partial charge on any atom is 0.340 e. The second kappa shape index (κ2) is 6.40. The number of H-pyrrole nitrogens is 1. The topological polar surface area (TPSA) is 79.4 Å². The Morgan fingerprint density at radius 2 is 1.92 bits per heavy atom. The summed E-state index contributed by atoms with van der Waals surface area (Å²) in [5.41, 5.74) is 1.13. The number of aryl methyl sites for hydroxylation is 1. The summed E-state index contributed by atoms with van der Waals surface area (Å²) in [7, 11) is 0. The van der Waals surface area contributed by atoms with Gasteiger partial charge in [0.1, 0.15) is 11.9 Å². The Morgan fingerprint density at radius 1 is 1.25 bits per heavy atom. The lowest BCUT2D eigenvalue weighted by atomic mass is 9.94. The first-order chi connectivity index (χ1) is 11.0. The van der Waals surface area contributed by atoms with Crippen molar-refractivity contribution in [3.63, 3.8) is 0 Å². The minimum absolute atomic E-state index is 0.405. The molecule has 2 aromatic rings. The highest BCUT2D eigenvalue weighted by Gasteiger charge is 2.23. The molecule has 0 aliphatic rings. The predicted octanol–water partition coefficient (Wildman–Crippen LogP) is 3.64. The molecule has 1 aromatic heterocycles. The van der Waals surface area contributed by atoms with Gasteiger partial charge in [0.2, 0.25) is 0 Å². The Hall–Kier alpha value is -2.14. The number of esters is 1. The summed E-state index contributed by atoms with van der Waals surface area (Å²) in [6, 6.07) is 3.48. The van der Waals surface area contributed by atoms with E-state index in [1.54, 1.807) is 32.2 Å². The van der Waals surface area contributed by atoms with Crippen molar-refractivity contribution in [1.82, 2.24) is 4.98 Å². The van der Waals surface area contributed by atoms with Crippen LogP contribution in [0, 0.1) is 0 Å². The number of carbonyl (C=O) groups is 2. The lowest BCUT2D eigenvalue weighted by Crippen LogP contribution is -2.24. The van der Waals surface area contributed by atoms with Gasteiger partial charge in [-0.05, 0) is 65.2 Å². The molecule has 0 aliphatic heterocycles. The fraction of sp³-hybridized carbons (Fsp3) is 0.474. The van der Waals surface area contributed by atoms with Crippen molar-refractivity contribution < 1.29 is 19.4 Å². The van der Waals surface area contributed by atoms with Crippen LogP contribution in [-0.2, 0) is 11.2 Å². The first-order valence-corrected chi connectivity index (χ1v) is 8.05. The standard InChI is InChI=1S/C19H25NO4/c1-18(2,3)24-17(22)14-10-20-15-9-12(11-21)8-13(16(14)15)6-7-19(4,5)23/h8-11,20,23H,6-7H2,1-5H3. The zero-order valence-electron chi connectivity index (χ0n) is 14.9. The normalized spacial score (nSPS) is 12.4. The Bertz CT molecular complexity index is 760. The van der Waals surface area contributed by atoms with Crippen LogP contribution in [0.4, 0.5) is 0 Å². The Morgan fingerprint density at radius 3 is 2.46 bits per heavy atom. The molecule has 24 heavy (non-hydrogen) atoms. The third-order valence-corrected chi connectivity index (χ3v) is 3.64. The minimum Gasteiger partial charge on any atom is -0.456 e. The minimum atomic E-state index is -0.827. The van der Waals surface area contributed by atoms with Crippen LogP contribution in [0.15, 0.2) is 18.3 Å². The van der Waals surface area contributed by atoms with Gasteiger partial charge >= 0.3 is 5.97 Å². The van der Waals surface area contributed by atoms with Crippen molar-refractivity contribution in [2.45, 2.75) is 58.7 Å². The van der Waals surface area contributed by atoms with Gasteiger partial charge in [0.05, 0.1) is 11.2 Å². The molecule has 0 unspecified atom stereocenters. The fourth-order valence-corrected chi connectivity index (χ4v) is 2.58. The summed E-state index contributed by atoms with van der Waals surface area (Å²) in [6.07, 6.45) is 3.46. The van der Waals surface area contributed by atoms with Gasteiger partial charge in [0.25, 0.3) is 0 Å². The highest BCUT2D eigenvalue weighted by Crippen LogP contribution is 2.28. The zero-order valence-corrected chi connectivity index (χ0v) is 14.9. The summed E-state index contributed by atoms with van der Waals surface area (Å²) in [5, 5.41) is 10.7. The monoisotopic (exact) mass is 331 g/mol. The Labute approximate surface area is 142 Å². The van der Waals surface area contributed by atoms with Gasteiger partial charge in [0, 0.05) is 22.7 Å². The molecule has 0 saturated carbocycles. The van der Waals surface area contributed by atoms with Crippen LogP contribution in [0.1, 0.15) is 67.3 Å². The van der Waals surface area contributed by atoms with Gasteiger partial charge in [0.15, 0.2) is 0 Å². The summed E-state index contributed by atoms with van der Waals surface area (Å²) in [6.45, 7) is 8.93. The summed E-state index contributed by atoms with van der Waals surface area (Å²) in [5.74, 6) is -0.405. The molecule has 0 amide bonds. The van der Waals surface area contributed by atoms with E-state index < -0.39 is 17.2 Å². The van der Waals surface area contributed by atoms with E-state index in [0.29, 0.717) is 29.5 Å². The van der Waals surface area contributed by atoms with Crippen molar-refractivity contribution in [3.05, 3.63) is 35.0 Å². The molecular formula is C19H25NO4. The van der Waals surface area contributed by atoms with Crippen molar-refractivity contribution >= 4 is 23.2 Å². The molecule has 0 spiro atoms. The number of aromatic nitrogens is 1. The third kappa shape index (κ3) is 4.45. The smallest absolute Gasteiger partial charge is 0.340 e. The second-order valence-corrected chi connectivity index (χ2v) is 7.74. The number of nitrogens with one attached hydrogen (secondary N) is 1. The molecule has 0 radical (unpaired) electrons. The van der Waals surface area contributed by atoms with Crippen molar-refractivity contribution in [2.24, 2.45) is 0 Å².